The molecule has 0 spiro atoms. The molecule has 2 aromatic carbocycles. The molecular weight excluding hydrogens is 547 g/mol. The number of nitrogens with two attached hydrogens (primary N) is 1. The number of sulfone groups is 1. The number of halogens is 2. The van der Waals surface area contributed by atoms with Gasteiger partial charge >= 0.3 is 0 Å². The Morgan fingerprint density at radius 1 is 1.15 bits per heavy atom. The lowest BCUT2D eigenvalue weighted by Gasteiger charge is -2.25. The number of carbonyl (C=O) groups is 1. The summed E-state index contributed by atoms with van der Waals surface area (Å²) in [6.45, 7) is 5.64. The summed E-state index contributed by atoms with van der Waals surface area (Å²) < 4.78 is 52.8. The van der Waals surface area contributed by atoms with Gasteiger partial charge in [-0.3, -0.25) is 4.79 Å². The Bertz CT molecular complexity index is 1460. The Kier molecular flexibility index (Phi) is 8.07. The molecule has 1 atom stereocenters. The number of fused-ring (bicyclic) bond motifs is 1. The van der Waals surface area contributed by atoms with Gasteiger partial charge in [0.25, 0.3) is 0 Å². The maximum absolute atomic E-state index is 15.3. The molecule has 2 N–H and O–H groups in total. The average molecular weight is 579 g/mol. The summed E-state index contributed by atoms with van der Waals surface area (Å²) in [4.78, 5) is 18.6. The topological polar surface area (TPSA) is 129 Å². The van der Waals surface area contributed by atoms with Crippen molar-refractivity contribution < 1.29 is 26.9 Å². The largest absolute Gasteiger partial charge is 0.490 e. The van der Waals surface area contributed by atoms with Gasteiger partial charge in [0.05, 0.1) is 40.6 Å². The van der Waals surface area contributed by atoms with Crippen LogP contribution < -0.4 is 15.4 Å². The van der Waals surface area contributed by atoms with Crippen molar-refractivity contribution >= 4 is 33.8 Å². The van der Waals surface area contributed by atoms with E-state index in [-0.39, 0.29) is 47.0 Å². The van der Waals surface area contributed by atoms with Crippen LogP contribution in [0.5, 0.6) is 5.75 Å². The summed E-state index contributed by atoms with van der Waals surface area (Å²) in [5, 5.41) is 3.90. The molecule has 0 unspecified atom stereocenters. The molecule has 0 bridgehead atoms. The Morgan fingerprint density at radius 3 is 2.44 bits per heavy atom. The molecule has 2 aliphatic rings. The predicted molar refractivity (Wildman–Crippen MR) is 146 cm³/mol. The minimum Gasteiger partial charge on any atom is -0.490 e. The van der Waals surface area contributed by atoms with Crippen LogP contribution in [0.15, 0.2) is 45.8 Å². The summed E-state index contributed by atoms with van der Waals surface area (Å²) in [6.07, 6.45) is 4.59. The number of benzene rings is 2. The molecule has 1 aliphatic heterocycles. The van der Waals surface area contributed by atoms with E-state index < -0.39 is 38.8 Å². The van der Waals surface area contributed by atoms with E-state index >= 15 is 4.39 Å². The molecule has 1 fully saturated rings. The fraction of sp³-hybridized carbons (Fsp3) is 0.444. The third-order valence-electron chi connectivity index (χ3n) is 6.83. The zero-order valence-corrected chi connectivity index (χ0v) is 23.6. The standard InChI is InChI=1S/C27H31FN4O5S.ClH/c1-27(2,3)26-30-24(31-37-26)19-12-22-23(13-20(19)28)38(34,35)15-21(29)25(33)32(22)14-16-8-10-18(11-9-16)36-17-6-4-5-7-17;/h8-13,17,21H,4-7,14-15,29H2,1-3H3;1H/t21-;/m0./s1. The fourth-order valence-electron chi connectivity index (χ4n) is 4.75. The van der Waals surface area contributed by atoms with Crippen LogP contribution in [0.1, 0.15) is 57.9 Å². The molecule has 3 aromatic rings. The van der Waals surface area contributed by atoms with Crippen LogP contribution in [0.3, 0.4) is 0 Å². The number of nitrogens with zero attached hydrogens (tertiary/aromatic N) is 3. The van der Waals surface area contributed by atoms with Crippen molar-refractivity contribution in [1.29, 1.82) is 0 Å². The van der Waals surface area contributed by atoms with E-state index in [0.717, 1.165) is 43.1 Å². The van der Waals surface area contributed by atoms with Gasteiger partial charge in [-0.1, -0.05) is 38.1 Å². The highest BCUT2D eigenvalue weighted by Gasteiger charge is 2.37. The average Bonchev–Trinajstić information content (AvgIpc) is 3.54. The predicted octanol–water partition coefficient (Wildman–Crippen LogP) is 4.56. The van der Waals surface area contributed by atoms with Gasteiger partial charge in [0.2, 0.25) is 17.6 Å². The molecule has 0 radical (unpaired) electrons. The number of amides is 1. The SMILES string of the molecule is CC(C)(C)c1nc(-c2cc3c(cc2F)S(=O)(=O)C[C@H](N)C(=O)N3Cc2ccc(OC3CCCC3)cc2)no1.Cl. The monoisotopic (exact) mass is 578 g/mol. The molecule has 1 aromatic heterocycles. The van der Waals surface area contributed by atoms with Gasteiger partial charge in [0.15, 0.2) is 9.84 Å². The van der Waals surface area contributed by atoms with E-state index in [1.807, 2.05) is 45.0 Å². The van der Waals surface area contributed by atoms with Crippen molar-refractivity contribution in [2.24, 2.45) is 5.73 Å². The van der Waals surface area contributed by atoms with Crippen molar-refractivity contribution in [3.63, 3.8) is 0 Å². The Labute approximate surface area is 233 Å². The first kappa shape index (κ1) is 29.0. The maximum atomic E-state index is 15.3. The lowest BCUT2D eigenvalue weighted by Crippen LogP contribution is -2.45. The summed E-state index contributed by atoms with van der Waals surface area (Å²) in [6, 6.07) is 8.19. The van der Waals surface area contributed by atoms with Crippen LogP contribution in [0, 0.1) is 5.82 Å². The van der Waals surface area contributed by atoms with Crippen molar-refractivity contribution in [2.75, 3.05) is 10.7 Å². The lowest BCUT2D eigenvalue weighted by atomic mass is 9.97. The van der Waals surface area contributed by atoms with E-state index in [2.05, 4.69) is 10.1 Å². The summed E-state index contributed by atoms with van der Waals surface area (Å²) in [5.74, 6) is -1.06. The quantitative estimate of drug-likeness (QED) is 0.466. The molecule has 1 saturated carbocycles. The van der Waals surface area contributed by atoms with Crippen molar-refractivity contribution in [3.05, 3.63) is 53.7 Å². The molecule has 1 aliphatic carbocycles. The molecule has 12 heteroatoms. The van der Waals surface area contributed by atoms with Crippen LogP contribution in [-0.2, 0) is 26.6 Å². The van der Waals surface area contributed by atoms with Crippen LogP contribution in [0.4, 0.5) is 10.1 Å². The van der Waals surface area contributed by atoms with E-state index in [9.17, 15) is 13.2 Å². The number of anilines is 1. The maximum Gasteiger partial charge on any atom is 0.245 e. The van der Waals surface area contributed by atoms with Crippen LogP contribution in [-0.4, -0.2) is 42.4 Å². The highest BCUT2D eigenvalue weighted by Crippen LogP contribution is 2.37. The van der Waals surface area contributed by atoms with Gasteiger partial charge in [0, 0.05) is 5.41 Å². The van der Waals surface area contributed by atoms with E-state index in [1.54, 1.807) is 0 Å². The second-order valence-electron chi connectivity index (χ2n) is 11.0. The molecule has 0 saturated heterocycles. The number of hydrogen-bond donors (Lipinski definition) is 1. The Balaban J connectivity index is 0.00000353. The molecular formula is C27H32ClFN4O5S. The van der Waals surface area contributed by atoms with Crippen LogP contribution >= 0.6 is 12.4 Å². The van der Waals surface area contributed by atoms with Crippen molar-refractivity contribution in [1.82, 2.24) is 10.1 Å². The van der Waals surface area contributed by atoms with Gasteiger partial charge < -0.3 is 19.9 Å². The molecule has 1 amide bonds. The molecule has 210 valence electrons. The van der Waals surface area contributed by atoms with Gasteiger partial charge in [0.1, 0.15) is 11.6 Å². The zero-order chi connectivity index (χ0) is 27.2. The second-order valence-corrected chi connectivity index (χ2v) is 13.0. The number of aromatic nitrogens is 2. The second kappa shape index (κ2) is 10.9. The number of carbonyl (C=O) groups excluding carboxylic acids is 1. The molecule has 2 heterocycles. The van der Waals surface area contributed by atoms with Crippen LogP contribution in [0.2, 0.25) is 0 Å². The first-order valence-corrected chi connectivity index (χ1v) is 14.3. The van der Waals surface area contributed by atoms with Gasteiger partial charge in [-0.05, 0) is 55.5 Å². The van der Waals surface area contributed by atoms with Crippen LogP contribution in [0.25, 0.3) is 11.4 Å². The highest BCUT2D eigenvalue weighted by atomic mass is 35.5. The van der Waals surface area contributed by atoms with Gasteiger partial charge in [-0.25, -0.2) is 12.8 Å². The van der Waals surface area contributed by atoms with E-state index in [0.29, 0.717) is 5.89 Å². The number of rotatable bonds is 5. The number of hydrogen-bond acceptors (Lipinski definition) is 8. The molecule has 39 heavy (non-hydrogen) atoms. The van der Waals surface area contributed by atoms with Gasteiger partial charge in [-0.15, -0.1) is 12.4 Å². The Morgan fingerprint density at radius 2 is 1.82 bits per heavy atom. The molecule has 9 nitrogen and oxygen atoms in total. The fourth-order valence-corrected chi connectivity index (χ4v) is 6.31. The Hall–Kier alpha value is -3.02. The van der Waals surface area contributed by atoms with E-state index in [4.69, 9.17) is 15.0 Å². The first-order valence-electron chi connectivity index (χ1n) is 12.7. The first-order chi connectivity index (χ1) is 17.9. The summed E-state index contributed by atoms with van der Waals surface area (Å²) in [7, 11) is -4.06. The third kappa shape index (κ3) is 5.95. The summed E-state index contributed by atoms with van der Waals surface area (Å²) >= 11 is 0. The van der Waals surface area contributed by atoms with Gasteiger partial charge in [-0.2, -0.15) is 4.98 Å². The smallest absolute Gasteiger partial charge is 0.245 e. The summed E-state index contributed by atoms with van der Waals surface area (Å²) in [5.41, 5.74) is 6.21. The van der Waals surface area contributed by atoms with Crippen molar-refractivity contribution in [2.45, 2.75) is 75.5 Å². The number of ether oxygens (including phenoxy) is 1. The minimum absolute atomic E-state index is 0. The molecule has 5 rings (SSSR count). The third-order valence-corrected chi connectivity index (χ3v) is 8.63. The lowest BCUT2D eigenvalue weighted by molar-refractivity contribution is -0.119. The minimum atomic E-state index is -4.06. The normalized spacial score (nSPS) is 19.4. The zero-order valence-electron chi connectivity index (χ0n) is 22.0. The van der Waals surface area contributed by atoms with E-state index in [1.165, 1.54) is 11.0 Å². The highest BCUT2D eigenvalue weighted by molar-refractivity contribution is 7.91. The van der Waals surface area contributed by atoms with Crippen molar-refractivity contribution in [3.8, 4) is 17.1 Å².